The first-order chi connectivity index (χ1) is 9.93. The number of nitrogens with one attached hydrogen (secondary N) is 1. The molecule has 0 aliphatic rings. The van der Waals surface area contributed by atoms with E-state index >= 15 is 0 Å². The molecule has 6 nitrogen and oxygen atoms in total. The van der Waals surface area contributed by atoms with Gasteiger partial charge in [0.05, 0.1) is 19.0 Å². The molecule has 0 aliphatic carbocycles. The second kappa shape index (κ2) is 5.78. The Labute approximate surface area is 122 Å². The topological polar surface area (TPSA) is 73.2 Å². The number of anilines is 1. The van der Waals surface area contributed by atoms with Crippen LogP contribution >= 0.6 is 0 Å². The molecule has 2 aromatic rings. The lowest BCUT2D eigenvalue weighted by Gasteiger charge is -2.08. The first-order valence-electron chi connectivity index (χ1n) is 6.43. The van der Waals surface area contributed by atoms with Crippen molar-refractivity contribution in [1.29, 1.82) is 0 Å². The molecule has 0 radical (unpaired) electrons. The number of carbonyl (C=O) groups is 2. The molecular weight excluding hydrogens is 270 g/mol. The van der Waals surface area contributed by atoms with Crippen molar-refractivity contribution in [2.75, 3.05) is 12.4 Å². The Morgan fingerprint density at radius 3 is 2.62 bits per heavy atom. The van der Waals surface area contributed by atoms with Gasteiger partial charge in [-0.1, -0.05) is 17.7 Å². The van der Waals surface area contributed by atoms with Crippen molar-refractivity contribution in [3.8, 4) is 0 Å². The Kier molecular flexibility index (Phi) is 4.07. The van der Waals surface area contributed by atoms with Gasteiger partial charge in [0.1, 0.15) is 0 Å². The van der Waals surface area contributed by atoms with E-state index in [1.165, 1.54) is 18.0 Å². The Morgan fingerprint density at radius 1 is 1.29 bits per heavy atom. The van der Waals surface area contributed by atoms with E-state index in [9.17, 15) is 9.59 Å². The lowest BCUT2D eigenvalue weighted by Crippen LogP contribution is -2.17. The number of aromatic nitrogens is 2. The summed E-state index contributed by atoms with van der Waals surface area (Å²) in [6, 6.07) is 5.56. The van der Waals surface area contributed by atoms with Crippen molar-refractivity contribution in [1.82, 2.24) is 9.78 Å². The molecule has 0 aliphatic heterocycles. The maximum atomic E-state index is 12.3. The van der Waals surface area contributed by atoms with Crippen molar-refractivity contribution in [3.05, 3.63) is 46.8 Å². The van der Waals surface area contributed by atoms with Gasteiger partial charge in [0, 0.05) is 12.6 Å². The lowest BCUT2D eigenvalue weighted by molar-refractivity contribution is 0.0589. The van der Waals surface area contributed by atoms with E-state index in [0.717, 1.165) is 11.1 Å². The number of methoxy groups -OCH3 is 1. The highest BCUT2D eigenvalue weighted by Gasteiger charge is 2.20. The summed E-state index contributed by atoms with van der Waals surface area (Å²) in [6.07, 6.45) is 1.42. The smallest absolute Gasteiger partial charge is 0.358 e. The van der Waals surface area contributed by atoms with Gasteiger partial charge >= 0.3 is 5.97 Å². The molecule has 0 saturated carbocycles. The molecule has 1 amide bonds. The molecule has 0 atom stereocenters. The van der Waals surface area contributed by atoms with Crippen LogP contribution < -0.4 is 5.32 Å². The number of ether oxygens (including phenoxy) is 1. The van der Waals surface area contributed by atoms with Crippen LogP contribution in [0.2, 0.25) is 0 Å². The van der Waals surface area contributed by atoms with Crippen molar-refractivity contribution in [2.45, 2.75) is 13.8 Å². The van der Waals surface area contributed by atoms with Crippen LogP contribution in [0, 0.1) is 13.8 Å². The van der Waals surface area contributed by atoms with Gasteiger partial charge in [0.2, 0.25) is 0 Å². The van der Waals surface area contributed by atoms with E-state index in [2.05, 4.69) is 10.4 Å². The molecule has 1 heterocycles. The summed E-state index contributed by atoms with van der Waals surface area (Å²) in [6.45, 7) is 3.83. The zero-order valence-electron chi connectivity index (χ0n) is 12.4. The molecule has 0 unspecified atom stereocenters. The maximum absolute atomic E-state index is 12.3. The molecule has 1 aromatic carbocycles. The standard InChI is InChI=1S/C15H17N3O3/c1-9-5-6-11(10(2)7-9)14(19)17-12-8-16-18(3)13(12)15(20)21-4/h5-8H,1-4H3,(H,17,19). The van der Waals surface area contributed by atoms with Gasteiger partial charge in [-0.15, -0.1) is 0 Å². The van der Waals surface area contributed by atoms with Crippen molar-refractivity contribution in [2.24, 2.45) is 7.05 Å². The first-order valence-corrected chi connectivity index (χ1v) is 6.43. The quantitative estimate of drug-likeness (QED) is 0.877. The van der Waals surface area contributed by atoms with Crippen LogP contribution in [0.5, 0.6) is 0 Å². The molecule has 2 rings (SSSR count). The minimum atomic E-state index is -0.550. The maximum Gasteiger partial charge on any atom is 0.358 e. The number of esters is 1. The van der Waals surface area contributed by atoms with Gasteiger partial charge in [-0.25, -0.2) is 4.79 Å². The van der Waals surface area contributed by atoms with Crippen LogP contribution in [-0.2, 0) is 11.8 Å². The molecule has 0 saturated heterocycles. The molecule has 0 fully saturated rings. The highest BCUT2D eigenvalue weighted by Crippen LogP contribution is 2.18. The van der Waals surface area contributed by atoms with Gasteiger partial charge in [-0.05, 0) is 25.5 Å². The monoisotopic (exact) mass is 287 g/mol. The molecule has 110 valence electrons. The summed E-state index contributed by atoms with van der Waals surface area (Å²) in [5, 5.41) is 6.67. The van der Waals surface area contributed by atoms with Crippen LogP contribution in [-0.4, -0.2) is 28.8 Å². The van der Waals surface area contributed by atoms with Crippen molar-refractivity contribution in [3.63, 3.8) is 0 Å². The summed E-state index contributed by atoms with van der Waals surface area (Å²) in [5.41, 5.74) is 3.04. The number of aryl methyl sites for hydroxylation is 3. The number of nitrogens with zero attached hydrogens (tertiary/aromatic N) is 2. The Balaban J connectivity index is 2.30. The number of amides is 1. The molecular formula is C15H17N3O3. The average molecular weight is 287 g/mol. The van der Waals surface area contributed by atoms with Crippen LogP contribution in [0.3, 0.4) is 0 Å². The summed E-state index contributed by atoms with van der Waals surface area (Å²) in [4.78, 5) is 24.0. The summed E-state index contributed by atoms with van der Waals surface area (Å²) in [7, 11) is 2.89. The van der Waals surface area contributed by atoms with Crippen LogP contribution in [0.15, 0.2) is 24.4 Å². The van der Waals surface area contributed by atoms with Gasteiger partial charge in [0.15, 0.2) is 5.69 Å². The Hall–Kier alpha value is -2.63. The van der Waals surface area contributed by atoms with Crippen LogP contribution in [0.1, 0.15) is 32.0 Å². The summed E-state index contributed by atoms with van der Waals surface area (Å²) in [5.74, 6) is -0.836. The first kappa shape index (κ1) is 14.8. The predicted octanol–water partition coefficient (Wildman–Crippen LogP) is 2.08. The predicted molar refractivity (Wildman–Crippen MR) is 78.4 cm³/mol. The highest BCUT2D eigenvalue weighted by atomic mass is 16.5. The van der Waals surface area contributed by atoms with E-state index in [1.54, 1.807) is 13.1 Å². The number of rotatable bonds is 3. The molecule has 1 N–H and O–H groups in total. The van der Waals surface area contributed by atoms with Crippen molar-refractivity contribution < 1.29 is 14.3 Å². The zero-order valence-corrected chi connectivity index (χ0v) is 12.4. The van der Waals surface area contributed by atoms with Gasteiger partial charge in [0.25, 0.3) is 5.91 Å². The fourth-order valence-corrected chi connectivity index (χ4v) is 2.13. The number of hydrogen-bond acceptors (Lipinski definition) is 4. The van der Waals surface area contributed by atoms with E-state index in [1.807, 2.05) is 26.0 Å². The lowest BCUT2D eigenvalue weighted by atomic mass is 10.1. The molecule has 6 heteroatoms. The fraction of sp³-hybridized carbons (Fsp3) is 0.267. The van der Waals surface area contributed by atoms with Crippen LogP contribution in [0.4, 0.5) is 5.69 Å². The minimum Gasteiger partial charge on any atom is -0.464 e. The SMILES string of the molecule is COC(=O)c1c(NC(=O)c2ccc(C)cc2C)cnn1C. The van der Waals surface area contributed by atoms with Gasteiger partial charge in [-0.3, -0.25) is 9.48 Å². The second-order valence-corrected chi connectivity index (χ2v) is 4.79. The fourth-order valence-electron chi connectivity index (χ4n) is 2.13. The number of carbonyl (C=O) groups excluding carboxylic acids is 2. The third-order valence-electron chi connectivity index (χ3n) is 3.19. The van der Waals surface area contributed by atoms with E-state index < -0.39 is 5.97 Å². The Bertz CT molecular complexity index is 704. The van der Waals surface area contributed by atoms with Gasteiger partial charge < -0.3 is 10.1 Å². The third kappa shape index (κ3) is 2.94. The van der Waals surface area contributed by atoms with E-state index in [0.29, 0.717) is 11.3 Å². The summed E-state index contributed by atoms with van der Waals surface area (Å²) < 4.78 is 6.06. The highest BCUT2D eigenvalue weighted by molar-refractivity contribution is 6.08. The average Bonchev–Trinajstić information content (AvgIpc) is 2.78. The van der Waals surface area contributed by atoms with Crippen molar-refractivity contribution >= 4 is 17.6 Å². The largest absolute Gasteiger partial charge is 0.464 e. The molecule has 1 aromatic heterocycles. The zero-order chi connectivity index (χ0) is 15.6. The third-order valence-corrected chi connectivity index (χ3v) is 3.19. The number of benzene rings is 1. The van der Waals surface area contributed by atoms with Crippen LogP contribution in [0.25, 0.3) is 0 Å². The molecule has 0 bridgehead atoms. The second-order valence-electron chi connectivity index (χ2n) is 4.79. The summed E-state index contributed by atoms with van der Waals surface area (Å²) >= 11 is 0. The molecule has 21 heavy (non-hydrogen) atoms. The molecule has 0 spiro atoms. The van der Waals surface area contributed by atoms with Gasteiger partial charge in [-0.2, -0.15) is 5.10 Å². The normalized spacial score (nSPS) is 10.3. The Morgan fingerprint density at radius 2 is 2.00 bits per heavy atom. The van der Waals surface area contributed by atoms with E-state index in [4.69, 9.17) is 4.74 Å². The van der Waals surface area contributed by atoms with E-state index in [-0.39, 0.29) is 11.6 Å². The number of hydrogen-bond donors (Lipinski definition) is 1. The minimum absolute atomic E-state index is 0.204.